The first kappa shape index (κ1) is 15.9. The summed E-state index contributed by atoms with van der Waals surface area (Å²) in [5, 5.41) is 12.7. The predicted octanol–water partition coefficient (Wildman–Crippen LogP) is 1.24. The summed E-state index contributed by atoms with van der Waals surface area (Å²) in [6.45, 7) is 8.82. The molecule has 108 valence electrons. The molecule has 1 rings (SSSR count). The van der Waals surface area contributed by atoms with Crippen LogP contribution in [0.3, 0.4) is 0 Å². The van der Waals surface area contributed by atoms with Crippen LogP contribution in [0, 0.1) is 0 Å². The molecule has 0 aromatic rings. The highest BCUT2D eigenvalue weighted by atomic mass is 16.5. The van der Waals surface area contributed by atoms with Gasteiger partial charge in [0.05, 0.1) is 5.60 Å². The average molecular weight is 258 g/mol. The van der Waals surface area contributed by atoms with Crippen molar-refractivity contribution in [3.05, 3.63) is 0 Å². The van der Waals surface area contributed by atoms with E-state index in [9.17, 15) is 0 Å². The third-order valence-corrected chi connectivity index (χ3v) is 3.87. The molecule has 1 heterocycles. The lowest BCUT2D eigenvalue weighted by molar-refractivity contribution is -0.0526. The van der Waals surface area contributed by atoms with Crippen molar-refractivity contribution < 1.29 is 9.84 Å². The Kier molecular flexibility index (Phi) is 7.15. The molecule has 1 fully saturated rings. The molecule has 2 unspecified atom stereocenters. The predicted molar refractivity (Wildman–Crippen MR) is 74.9 cm³/mol. The van der Waals surface area contributed by atoms with Crippen LogP contribution in [0.25, 0.3) is 0 Å². The molecule has 2 atom stereocenters. The monoisotopic (exact) mass is 258 g/mol. The Morgan fingerprint density at radius 1 is 1.50 bits per heavy atom. The van der Waals surface area contributed by atoms with E-state index in [0.29, 0.717) is 6.04 Å². The SMILES string of the molecule is CCCNC(CCO)CN1CCCC(C)(OC)C1. The molecule has 0 aliphatic carbocycles. The number of nitrogens with zero attached hydrogens (tertiary/aromatic N) is 1. The van der Waals surface area contributed by atoms with Gasteiger partial charge >= 0.3 is 0 Å². The number of rotatable bonds is 8. The third kappa shape index (κ3) is 5.22. The summed E-state index contributed by atoms with van der Waals surface area (Å²) < 4.78 is 5.62. The second-order valence-corrected chi connectivity index (χ2v) is 5.66. The lowest BCUT2D eigenvalue weighted by Gasteiger charge is -2.40. The normalized spacial score (nSPS) is 27.3. The Balaban J connectivity index is 2.42. The second kappa shape index (κ2) is 8.10. The lowest BCUT2D eigenvalue weighted by Crippen LogP contribution is -2.51. The van der Waals surface area contributed by atoms with Gasteiger partial charge in [-0.1, -0.05) is 6.92 Å². The molecule has 0 spiro atoms. The van der Waals surface area contributed by atoms with Crippen LogP contribution in [0.5, 0.6) is 0 Å². The summed E-state index contributed by atoms with van der Waals surface area (Å²) in [6, 6.07) is 0.397. The molecule has 1 aliphatic heterocycles. The maximum atomic E-state index is 9.13. The molecule has 0 aromatic heterocycles. The van der Waals surface area contributed by atoms with Crippen LogP contribution in [-0.2, 0) is 4.74 Å². The Hall–Kier alpha value is -0.160. The van der Waals surface area contributed by atoms with Gasteiger partial charge < -0.3 is 15.2 Å². The molecule has 2 N–H and O–H groups in total. The highest BCUT2D eigenvalue weighted by Gasteiger charge is 2.31. The van der Waals surface area contributed by atoms with Crippen molar-refractivity contribution in [1.29, 1.82) is 0 Å². The van der Waals surface area contributed by atoms with Crippen molar-refractivity contribution in [2.24, 2.45) is 0 Å². The molecule has 0 radical (unpaired) electrons. The molecule has 4 heteroatoms. The molecule has 4 nitrogen and oxygen atoms in total. The van der Waals surface area contributed by atoms with E-state index in [0.717, 1.165) is 45.4 Å². The van der Waals surface area contributed by atoms with Gasteiger partial charge in [0, 0.05) is 32.8 Å². The number of nitrogens with one attached hydrogen (secondary N) is 1. The number of likely N-dealkylation sites (tertiary alicyclic amines) is 1. The van der Waals surface area contributed by atoms with Crippen molar-refractivity contribution >= 4 is 0 Å². The smallest absolute Gasteiger partial charge is 0.0777 e. The molecular formula is C14H30N2O2. The van der Waals surface area contributed by atoms with Crippen LogP contribution >= 0.6 is 0 Å². The van der Waals surface area contributed by atoms with Crippen LogP contribution in [0.2, 0.25) is 0 Å². The Morgan fingerprint density at radius 3 is 2.89 bits per heavy atom. The minimum absolute atomic E-state index is 0.00672. The number of methoxy groups -OCH3 is 1. The van der Waals surface area contributed by atoms with E-state index >= 15 is 0 Å². The Morgan fingerprint density at radius 2 is 2.28 bits per heavy atom. The first-order valence-corrected chi connectivity index (χ1v) is 7.25. The maximum absolute atomic E-state index is 9.13. The van der Waals surface area contributed by atoms with Crippen molar-refractivity contribution in [3.8, 4) is 0 Å². The van der Waals surface area contributed by atoms with Crippen LogP contribution < -0.4 is 5.32 Å². The van der Waals surface area contributed by atoms with Gasteiger partial charge in [-0.3, -0.25) is 4.90 Å². The zero-order valence-electron chi connectivity index (χ0n) is 12.2. The van der Waals surface area contributed by atoms with Gasteiger partial charge in [-0.15, -0.1) is 0 Å². The molecule has 0 saturated carbocycles. The van der Waals surface area contributed by atoms with Crippen LogP contribution in [0.1, 0.15) is 39.5 Å². The summed E-state index contributed by atoms with van der Waals surface area (Å²) >= 11 is 0. The fourth-order valence-electron chi connectivity index (χ4n) is 2.70. The first-order chi connectivity index (χ1) is 8.63. The van der Waals surface area contributed by atoms with E-state index in [1.54, 1.807) is 0 Å². The topological polar surface area (TPSA) is 44.7 Å². The fourth-order valence-corrected chi connectivity index (χ4v) is 2.70. The minimum Gasteiger partial charge on any atom is -0.396 e. The first-order valence-electron chi connectivity index (χ1n) is 7.25. The van der Waals surface area contributed by atoms with Gasteiger partial charge in [0.25, 0.3) is 0 Å². The van der Waals surface area contributed by atoms with Crippen LogP contribution in [0.4, 0.5) is 0 Å². The summed E-state index contributed by atoms with van der Waals surface area (Å²) in [5.41, 5.74) is 0.00672. The average Bonchev–Trinajstić information content (AvgIpc) is 2.36. The van der Waals surface area contributed by atoms with Gasteiger partial charge in [0.1, 0.15) is 0 Å². The van der Waals surface area contributed by atoms with Gasteiger partial charge in [0.2, 0.25) is 0 Å². The number of aliphatic hydroxyl groups excluding tert-OH is 1. The molecule has 0 amide bonds. The lowest BCUT2D eigenvalue weighted by atomic mass is 9.94. The summed E-state index contributed by atoms with van der Waals surface area (Å²) in [7, 11) is 1.81. The largest absolute Gasteiger partial charge is 0.396 e. The number of hydrogen-bond acceptors (Lipinski definition) is 4. The highest BCUT2D eigenvalue weighted by Crippen LogP contribution is 2.23. The van der Waals surface area contributed by atoms with Gasteiger partial charge in [-0.25, -0.2) is 0 Å². The zero-order valence-corrected chi connectivity index (χ0v) is 12.2. The number of aliphatic hydroxyl groups is 1. The van der Waals surface area contributed by atoms with E-state index in [4.69, 9.17) is 9.84 Å². The van der Waals surface area contributed by atoms with Gasteiger partial charge in [-0.05, 0) is 45.7 Å². The van der Waals surface area contributed by atoms with E-state index in [2.05, 4.69) is 24.1 Å². The zero-order chi connectivity index (χ0) is 13.4. The highest BCUT2D eigenvalue weighted by molar-refractivity contribution is 4.86. The summed E-state index contributed by atoms with van der Waals surface area (Å²) in [5.74, 6) is 0. The summed E-state index contributed by atoms with van der Waals surface area (Å²) in [6.07, 6.45) is 4.31. The Labute approximate surface area is 112 Å². The molecule has 1 saturated heterocycles. The van der Waals surface area contributed by atoms with Crippen LogP contribution in [-0.4, -0.2) is 61.5 Å². The van der Waals surface area contributed by atoms with E-state index in [1.807, 2.05) is 7.11 Å². The quantitative estimate of drug-likeness (QED) is 0.687. The maximum Gasteiger partial charge on any atom is 0.0777 e. The summed E-state index contributed by atoms with van der Waals surface area (Å²) in [4.78, 5) is 2.47. The van der Waals surface area contributed by atoms with Gasteiger partial charge in [-0.2, -0.15) is 0 Å². The third-order valence-electron chi connectivity index (χ3n) is 3.87. The van der Waals surface area contributed by atoms with Crippen molar-refractivity contribution in [2.75, 3.05) is 39.9 Å². The number of hydrogen-bond donors (Lipinski definition) is 2. The van der Waals surface area contributed by atoms with E-state index < -0.39 is 0 Å². The standard InChI is InChI=1S/C14H30N2O2/c1-4-8-15-13(6-10-17)11-16-9-5-7-14(2,12-16)18-3/h13,15,17H,4-12H2,1-3H3. The molecular weight excluding hydrogens is 228 g/mol. The van der Waals surface area contributed by atoms with Crippen molar-refractivity contribution in [3.63, 3.8) is 0 Å². The molecule has 18 heavy (non-hydrogen) atoms. The van der Waals surface area contributed by atoms with Crippen molar-refractivity contribution in [2.45, 2.75) is 51.2 Å². The Bertz CT molecular complexity index is 226. The van der Waals surface area contributed by atoms with E-state index in [1.165, 1.54) is 6.42 Å². The van der Waals surface area contributed by atoms with Gasteiger partial charge in [0.15, 0.2) is 0 Å². The molecule has 0 bridgehead atoms. The fraction of sp³-hybridized carbons (Fsp3) is 1.00. The van der Waals surface area contributed by atoms with Crippen LogP contribution in [0.15, 0.2) is 0 Å². The van der Waals surface area contributed by atoms with Crippen molar-refractivity contribution in [1.82, 2.24) is 10.2 Å². The number of ether oxygens (including phenoxy) is 1. The van der Waals surface area contributed by atoms with E-state index in [-0.39, 0.29) is 12.2 Å². The number of piperidine rings is 1. The molecule has 1 aliphatic rings. The minimum atomic E-state index is 0.00672. The molecule has 0 aromatic carbocycles. The second-order valence-electron chi connectivity index (χ2n) is 5.66.